The highest BCUT2D eigenvalue weighted by atomic mass is 16.8. The Morgan fingerprint density at radius 2 is 0.929 bits per heavy atom. The number of aliphatic hydroxyl groups is 2. The molecule has 14 atom stereocenters. The first-order valence-corrected chi connectivity index (χ1v) is 11.0. The van der Waals surface area contributed by atoms with E-state index in [-0.39, 0.29) is 12.6 Å². The van der Waals surface area contributed by atoms with E-state index in [9.17, 15) is 10.2 Å². The quantitative estimate of drug-likeness (QED) is 0.696. The fraction of sp³-hybridized carbons (Fsp3) is 0.818. The van der Waals surface area contributed by atoms with Crippen molar-refractivity contribution in [2.75, 3.05) is 0 Å². The fourth-order valence-corrected chi connectivity index (χ4v) is 7.14. The summed E-state index contributed by atoms with van der Waals surface area (Å²) in [5.41, 5.74) is 0. The van der Waals surface area contributed by atoms with Crippen LogP contribution in [0.15, 0.2) is 24.3 Å². The molecule has 0 aromatic heterocycles. The highest BCUT2D eigenvalue weighted by molar-refractivity contribution is 5.14. The lowest BCUT2D eigenvalue weighted by Crippen LogP contribution is -2.61. The summed E-state index contributed by atoms with van der Waals surface area (Å²) in [5, 5.41) is 22.0. The third kappa shape index (κ3) is 2.25. The zero-order chi connectivity index (χ0) is 18.6. The zero-order valence-electron chi connectivity index (χ0n) is 15.7. The zero-order valence-corrected chi connectivity index (χ0v) is 15.7. The molecule has 2 saturated heterocycles. The van der Waals surface area contributed by atoms with Crippen molar-refractivity contribution in [3.63, 3.8) is 0 Å². The summed E-state index contributed by atoms with van der Waals surface area (Å²) in [5.74, 6) is 2.87. The molecule has 2 heterocycles. The van der Waals surface area contributed by atoms with Crippen molar-refractivity contribution in [1.29, 1.82) is 0 Å². The van der Waals surface area contributed by atoms with Gasteiger partial charge in [0.1, 0.15) is 36.6 Å². The van der Waals surface area contributed by atoms with Crippen molar-refractivity contribution in [3.8, 4) is 0 Å². The maximum Gasteiger partial charge on any atom is 0.162 e. The standard InChI is InChI=1S/C22H28O6/c23-15-17-18(26-21(25-17)13-7-9-1-3-11(13)5-9)16(24)20-19(15)27-22(28-20)14-8-10-2-4-12(14)6-10/h1-4,9-24H,5-8H2/t9?,10?,11?,12?,13?,14?,15?,16?,17-,18-,19-,20+,21?,22?/m0/s1. The minimum atomic E-state index is -0.836. The maximum absolute atomic E-state index is 11.0. The van der Waals surface area contributed by atoms with Crippen molar-refractivity contribution < 1.29 is 29.2 Å². The van der Waals surface area contributed by atoms with E-state index in [1.165, 1.54) is 12.8 Å². The lowest BCUT2D eigenvalue weighted by atomic mass is 9.85. The molecule has 28 heavy (non-hydrogen) atoms. The number of allylic oxidation sites excluding steroid dienone is 4. The van der Waals surface area contributed by atoms with Gasteiger partial charge >= 0.3 is 0 Å². The number of ether oxygens (including phenoxy) is 4. The normalized spacial score (nSPS) is 63.4. The van der Waals surface area contributed by atoms with Gasteiger partial charge in [-0.25, -0.2) is 0 Å². The van der Waals surface area contributed by atoms with Crippen LogP contribution < -0.4 is 0 Å². The van der Waals surface area contributed by atoms with Crippen molar-refractivity contribution in [1.82, 2.24) is 0 Å². The van der Waals surface area contributed by atoms with Gasteiger partial charge in [0.25, 0.3) is 0 Å². The third-order valence-corrected chi connectivity index (χ3v) is 8.52. The fourth-order valence-electron chi connectivity index (χ4n) is 7.14. The van der Waals surface area contributed by atoms with E-state index in [1.54, 1.807) is 0 Å². The van der Waals surface area contributed by atoms with E-state index in [0.29, 0.717) is 35.5 Å². The molecule has 5 aliphatic carbocycles. The van der Waals surface area contributed by atoms with E-state index >= 15 is 0 Å². The molecule has 0 aromatic rings. The molecule has 0 aromatic carbocycles. The molecule has 7 rings (SSSR count). The molecule has 4 bridgehead atoms. The van der Waals surface area contributed by atoms with Gasteiger partial charge in [0.15, 0.2) is 12.6 Å². The van der Waals surface area contributed by atoms with Gasteiger partial charge in [-0.3, -0.25) is 0 Å². The van der Waals surface area contributed by atoms with Crippen molar-refractivity contribution in [3.05, 3.63) is 24.3 Å². The Bertz CT molecular complexity index is 638. The third-order valence-electron chi connectivity index (χ3n) is 8.52. The molecule has 0 amide bonds. The van der Waals surface area contributed by atoms with Crippen LogP contribution in [-0.4, -0.2) is 59.4 Å². The molecule has 152 valence electrons. The monoisotopic (exact) mass is 388 g/mol. The summed E-state index contributed by atoms with van der Waals surface area (Å²) in [6, 6.07) is 0. The molecule has 2 N–H and O–H groups in total. The average Bonchev–Trinajstić information content (AvgIpc) is 3.53. The van der Waals surface area contributed by atoms with Crippen LogP contribution in [0.25, 0.3) is 0 Å². The van der Waals surface area contributed by atoms with Gasteiger partial charge in [0.2, 0.25) is 0 Å². The first-order chi connectivity index (χ1) is 13.7. The van der Waals surface area contributed by atoms with Crippen LogP contribution in [-0.2, 0) is 18.9 Å². The van der Waals surface area contributed by atoms with Gasteiger partial charge in [-0.1, -0.05) is 24.3 Å². The summed E-state index contributed by atoms with van der Waals surface area (Å²) in [6.07, 6.45) is 9.03. The van der Waals surface area contributed by atoms with Crippen LogP contribution in [0.3, 0.4) is 0 Å². The highest BCUT2D eigenvalue weighted by Gasteiger charge is 2.62. The number of hydrogen-bond donors (Lipinski definition) is 2. The van der Waals surface area contributed by atoms with Gasteiger partial charge in [-0.2, -0.15) is 0 Å². The summed E-state index contributed by atoms with van der Waals surface area (Å²) in [6.45, 7) is 0. The summed E-state index contributed by atoms with van der Waals surface area (Å²) >= 11 is 0. The molecular weight excluding hydrogens is 360 g/mol. The second kappa shape index (κ2) is 5.90. The second-order valence-electron chi connectivity index (χ2n) is 10.0. The minimum absolute atomic E-state index is 0.315. The van der Waals surface area contributed by atoms with Gasteiger partial charge < -0.3 is 29.2 Å². The van der Waals surface area contributed by atoms with Gasteiger partial charge in [0.05, 0.1) is 0 Å². The topological polar surface area (TPSA) is 77.4 Å². The van der Waals surface area contributed by atoms with Crippen LogP contribution in [0.1, 0.15) is 25.7 Å². The number of aliphatic hydroxyl groups excluding tert-OH is 2. The predicted molar refractivity (Wildman–Crippen MR) is 96.8 cm³/mol. The second-order valence-corrected chi connectivity index (χ2v) is 10.0. The summed E-state index contributed by atoms with van der Waals surface area (Å²) < 4.78 is 24.8. The molecule has 0 spiro atoms. The molecule has 5 fully saturated rings. The van der Waals surface area contributed by atoms with Crippen molar-refractivity contribution in [2.45, 2.75) is 74.9 Å². The van der Waals surface area contributed by atoms with Gasteiger partial charge in [-0.05, 0) is 49.4 Å². The molecule has 7 aliphatic rings. The van der Waals surface area contributed by atoms with Crippen molar-refractivity contribution in [2.24, 2.45) is 35.5 Å². The van der Waals surface area contributed by atoms with E-state index in [0.717, 1.165) is 12.8 Å². The van der Waals surface area contributed by atoms with E-state index < -0.39 is 36.6 Å². The van der Waals surface area contributed by atoms with Crippen LogP contribution in [0.4, 0.5) is 0 Å². The molecule has 2 aliphatic heterocycles. The molecule has 6 nitrogen and oxygen atoms in total. The predicted octanol–water partition coefficient (Wildman–Crippen LogP) is 1.37. The lowest BCUT2D eigenvalue weighted by molar-refractivity contribution is -0.152. The lowest BCUT2D eigenvalue weighted by Gasteiger charge is -2.38. The van der Waals surface area contributed by atoms with Crippen LogP contribution in [0.5, 0.6) is 0 Å². The largest absolute Gasteiger partial charge is 0.387 e. The Balaban J connectivity index is 1.09. The molecular formula is C22H28O6. The number of hydrogen-bond acceptors (Lipinski definition) is 6. The van der Waals surface area contributed by atoms with E-state index in [1.807, 2.05) is 0 Å². The Hall–Kier alpha value is -0.760. The smallest absolute Gasteiger partial charge is 0.162 e. The molecule has 0 radical (unpaired) electrons. The SMILES string of the molecule is OC1[C@H]2OC(C3CC4C=CC3C4)O[C@H]2C(O)[C@@H]2OC(C3CC4C=CC3C4)O[C@@H]12. The minimum Gasteiger partial charge on any atom is -0.387 e. The Morgan fingerprint density at radius 1 is 0.536 bits per heavy atom. The Labute approximate surface area is 164 Å². The molecule has 3 saturated carbocycles. The first kappa shape index (κ1) is 17.0. The highest BCUT2D eigenvalue weighted by Crippen LogP contribution is 2.51. The number of rotatable bonds is 2. The molecule has 6 heteroatoms. The average molecular weight is 388 g/mol. The first-order valence-electron chi connectivity index (χ1n) is 11.0. The Morgan fingerprint density at radius 3 is 1.21 bits per heavy atom. The van der Waals surface area contributed by atoms with Gasteiger partial charge in [0, 0.05) is 11.8 Å². The maximum atomic E-state index is 11.0. The van der Waals surface area contributed by atoms with E-state index in [2.05, 4.69) is 24.3 Å². The van der Waals surface area contributed by atoms with Crippen LogP contribution in [0, 0.1) is 35.5 Å². The summed E-state index contributed by atoms with van der Waals surface area (Å²) in [4.78, 5) is 0. The Kier molecular flexibility index (Phi) is 3.58. The van der Waals surface area contributed by atoms with Crippen LogP contribution in [0.2, 0.25) is 0 Å². The van der Waals surface area contributed by atoms with Crippen LogP contribution >= 0.6 is 0 Å². The van der Waals surface area contributed by atoms with Crippen molar-refractivity contribution >= 4 is 0 Å². The molecule has 10 unspecified atom stereocenters. The van der Waals surface area contributed by atoms with E-state index in [4.69, 9.17) is 18.9 Å². The van der Waals surface area contributed by atoms with Gasteiger partial charge in [-0.15, -0.1) is 0 Å². The number of fused-ring (bicyclic) bond motifs is 6. The summed E-state index contributed by atoms with van der Waals surface area (Å²) in [7, 11) is 0.